The van der Waals surface area contributed by atoms with Crippen LogP contribution in [0.15, 0.2) is 11.6 Å². The molecule has 0 rings (SSSR count). The Labute approximate surface area is 91.5 Å². The fraction of sp³-hybridized carbons (Fsp3) is 0.750. The van der Waals surface area contributed by atoms with Crippen molar-refractivity contribution < 1.29 is 13.9 Å². The zero-order valence-corrected chi connectivity index (χ0v) is 9.88. The molecule has 88 valence electrons. The molecule has 0 aliphatic heterocycles. The van der Waals surface area contributed by atoms with Gasteiger partial charge in [0.15, 0.2) is 0 Å². The average molecular weight is 216 g/mol. The topological polar surface area (TPSA) is 26.3 Å². The monoisotopic (exact) mass is 216 g/mol. The molecule has 0 aromatic carbocycles. The van der Waals surface area contributed by atoms with E-state index in [0.29, 0.717) is 18.6 Å². The van der Waals surface area contributed by atoms with Gasteiger partial charge in [0.1, 0.15) is 6.17 Å². The van der Waals surface area contributed by atoms with Crippen molar-refractivity contribution in [3.8, 4) is 0 Å². The number of allylic oxidation sites excluding steroid dienone is 1. The smallest absolute Gasteiger partial charge is 0.333 e. The van der Waals surface area contributed by atoms with Gasteiger partial charge >= 0.3 is 5.97 Å². The molecular formula is C12H21FO2. The average Bonchev–Trinajstić information content (AvgIpc) is 2.18. The van der Waals surface area contributed by atoms with Crippen molar-refractivity contribution >= 4 is 5.97 Å². The Morgan fingerprint density at radius 3 is 2.60 bits per heavy atom. The Morgan fingerprint density at radius 2 is 2.07 bits per heavy atom. The highest BCUT2D eigenvalue weighted by Crippen LogP contribution is 2.10. The number of halogens is 1. The molecule has 0 aliphatic rings. The molecule has 0 aromatic rings. The highest BCUT2D eigenvalue weighted by Gasteiger charge is 2.08. The summed E-state index contributed by atoms with van der Waals surface area (Å²) in [6.07, 6.45) is 3.80. The van der Waals surface area contributed by atoms with E-state index in [1.807, 2.05) is 0 Å². The third kappa shape index (κ3) is 7.11. The van der Waals surface area contributed by atoms with E-state index in [9.17, 15) is 9.18 Å². The molecule has 0 saturated heterocycles. The summed E-state index contributed by atoms with van der Waals surface area (Å²) in [4.78, 5) is 11.2. The van der Waals surface area contributed by atoms with Gasteiger partial charge in [-0.15, -0.1) is 0 Å². The van der Waals surface area contributed by atoms with Crippen molar-refractivity contribution in [2.24, 2.45) is 0 Å². The zero-order chi connectivity index (χ0) is 11.7. The molecule has 0 radical (unpaired) electrons. The Hall–Kier alpha value is -0.860. The Morgan fingerprint density at radius 1 is 1.40 bits per heavy atom. The standard InChI is InChI=1S/C12H21FO2/c1-4-6-7-8-11(13)9-10(3)12(14)15-5-2/h9,11H,4-8H2,1-3H3/b10-9+. The number of hydrogen-bond donors (Lipinski definition) is 0. The minimum absolute atomic E-state index is 0.330. The van der Waals surface area contributed by atoms with Gasteiger partial charge in [-0.1, -0.05) is 26.2 Å². The number of ether oxygens (including phenoxy) is 1. The van der Waals surface area contributed by atoms with Crippen molar-refractivity contribution in [2.75, 3.05) is 6.61 Å². The van der Waals surface area contributed by atoms with Gasteiger partial charge in [-0.2, -0.15) is 0 Å². The molecular weight excluding hydrogens is 195 g/mol. The first-order valence-corrected chi connectivity index (χ1v) is 5.61. The summed E-state index contributed by atoms with van der Waals surface area (Å²) in [6.45, 7) is 5.73. The van der Waals surface area contributed by atoms with Crippen LogP contribution in [0, 0.1) is 0 Å². The number of unbranched alkanes of at least 4 members (excludes halogenated alkanes) is 2. The van der Waals surface area contributed by atoms with Gasteiger partial charge in [-0.3, -0.25) is 0 Å². The molecule has 0 aromatic heterocycles. The first-order valence-electron chi connectivity index (χ1n) is 5.61. The first-order chi connectivity index (χ1) is 7.11. The lowest BCUT2D eigenvalue weighted by Crippen LogP contribution is -2.07. The maximum Gasteiger partial charge on any atom is 0.333 e. The van der Waals surface area contributed by atoms with Crippen LogP contribution in [0.1, 0.15) is 46.5 Å². The Kier molecular flexibility index (Phi) is 7.96. The largest absolute Gasteiger partial charge is 0.463 e. The summed E-state index contributed by atoms with van der Waals surface area (Å²) in [7, 11) is 0. The van der Waals surface area contributed by atoms with E-state index in [0.717, 1.165) is 19.3 Å². The SMILES string of the molecule is CCCCCC(F)/C=C(\C)C(=O)OCC. The minimum Gasteiger partial charge on any atom is -0.463 e. The summed E-state index contributed by atoms with van der Waals surface area (Å²) in [5.41, 5.74) is 0.362. The lowest BCUT2D eigenvalue weighted by atomic mass is 10.1. The molecule has 15 heavy (non-hydrogen) atoms. The Balaban J connectivity index is 3.93. The maximum atomic E-state index is 13.3. The van der Waals surface area contributed by atoms with Crippen LogP contribution in [0.2, 0.25) is 0 Å². The van der Waals surface area contributed by atoms with Crippen LogP contribution in [0.4, 0.5) is 4.39 Å². The number of esters is 1. The quantitative estimate of drug-likeness (QED) is 0.370. The van der Waals surface area contributed by atoms with Gasteiger partial charge in [0, 0.05) is 5.57 Å². The van der Waals surface area contributed by atoms with Crippen molar-refractivity contribution in [1.82, 2.24) is 0 Å². The third-order valence-electron chi connectivity index (χ3n) is 2.11. The molecule has 0 fully saturated rings. The molecule has 0 heterocycles. The maximum absolute atomic E-state index is 13.3. The number of rotatable bonds is 7. The molecule has 1 atom stereocenters. The second kappa shape index (κ2) is 8.45. The molecule has 1 unspecified atom stereocenters. The summed E-state index contributed by atoms with van der Waals surface area (Å²) in [6, 6.07) is 0. The van der Waals surface area contributed by atoms with Crippen molar-refractivity contribution in [3.05, 3.63) is 11.6 Å². The third-order valence-corrected chi connectivity index (χ3v) is 2.11. The van der Waals surface area contributed by atoms with Crippen LogP contribution in [-0.4, -0.2) is 18.7 Å². The fourth-order valence-electron chi connectivity index (χ4n) is 1.26. The second-order valence-electron chi connectivity index (χ2n) is 3.58. The molecule has 0 N–H and O–H groups in total. The van der Waals surface area contributed by atoms with Crippen LogP contribution in [-0.2, 0) is 9.53 Å². The molecule has 0 spiro atoms. The molecule has 3 heteroatoms. The molecule has 0 amide bonds. The minimum atomic E-state index is -1.03. The van der Waals surface area contributed by atoms with E-state index in [1.165, 1.54) is 6.08 Å². The van der Waals surface area contributed by atoms with Gasteiger partial charge in [0.25, 0.3) is 0 Å². The Bertz CT molecular complexity index is 212. The van der Waals surface area contributed by atoms with Gasteiger partial charge in [-0.05, 0) is 26.3 Å². The van der Waals surface area contributed by atoms with Crippen LogP contribution in [0.3, 0.4) is 0 Å². The van der Waals surface area contributed by atoms with E-state index in [2.05, 4.69) is 6.92 Å². The van der Waals surface area contributed by atoms with E-state index in [1.54, 1.807) is 13.8 Å². The van der Waals surface area contributed by atoms with E-state index in [-0.39, 0.29) is 0 Å². The summed E-state index contributed by atoms with van der Waals surface area (Å²) in [5.74, 6) is -0.421. The summed E-state index contributed by atoms with van der Waals surface area (Å²) >= 11 is 0. The molecule has 0 saturated carbocycles. The highest BCUT2D eigenvalue weighted by molar-refractivity contribution is 5.87. The fourth-order valence-corrected chi connectivity index (χ4v) is 1.26. The molecule has 2 nitrogen and oxygen atoms in total. The number of alkyl halides is 1. The van der Waals surface area contributed by atoms with E-state index >= 15 is 0 Å². The van der Waals surface area contributed by atoms with Crippen LogP contribution in [0.5, 0.6) is 0 Å². The lowest BCUT2D eigenvalue weighted by Gasteiger charge is -2.05. The second-order valence-corrected chi connectivity index (χ2v) is 3.58. The van der Waals surface area contributed by atoms with Gasteiger partial charge in [-0.25, -0.2) is 9.18 Å². The van der Waals surface area contributed by atoms with Crippen molar-refractivity contribution in [1.29, 1.82) is 0 Å². The lowest BCUT2D eigenvalue weighted by molar-refractivity contribution is -0.138. The van der Waals surface area contributed by atoms with Crippen LogP contribution < -0.4 is 0 Å². The van der Waals surface area contributed by atoms with Crippen molar-refractivity contribution in [3.63, 3.8) is 0 Å². The van der Waals surface area contributed by atoms with Gasteiger partial charge in [0.2, 0.25) is 0 Å². The van der Waals surface area contributed by atoms with Crippen LogP contribution in [0.25, 0.3) is 0 Å². The highest BCUT2D eigenvalue weighted by atomic mass is 19.1. The molecule has 0 bridgehead atoms. The predicted octanol–water partition coefficient (Wildman–Crippen LogP) is 3.41. The number of carbonyl (C=O) groups excluding carboxylic acids is 1. The normalized spacial score (nSPS) is 13.7. The number of hydrogen-bond acceptors (Lipinski definition) is 2. The van der Waals surface area contributed by atoms with Gasteiger partial charge in [0.05, 0.1) is 6.61 Å². The zero-order valence-electron chi connectivity index (χ0n) is 9.88. The summed E-state index contributed by atoms with van der Waals surface area (Å²) in [5, 5.41) is 0. The molecule has 0 aliphatic carbocycles. The first kappa shape index (κ1) is 14.1. The van der Waals surface area contributed by atoms with E-state index < -0.39 is 12.1 Å². The number of carbonyl (C=O) groups is 1. The van der Waals surface area contributed by atoms with Gasteiger partial charge < -0.3 is 4.74 Å². The predicted molar refractivity (Wildman–Crippen MR) is 59.4 cm³/mol. The summed E-state index contributed by atoms with van der Waals surface area (Å²) < 4.78 is 18.0. The van der Waals surface area contributed by atoms with Crippen LogP contribution >= 0.6 is 0 Å². The van der Waals surface area contributed by atoms with E-state index in [4.69, 9.17) is 4.74 Å². The van der Waals surface area contributed by atoms with Crippen molar-refractivity contribution in [2.45, 2.75) is 52.6 Å².